The van der Waals surface area contributed by atoms with Crippen LogP contribution in [0.3, 0.4) is 0 Å². The molecule has 0 unspecified atom stereocenters. The molecular weight excluding hydrogens is 212 g/mol. The summed E-state index contributed by atoms with van der Waals surface area (Å²) < 4.78 is 5.13. The molecule has 1 N–H and O–H groups in total. The molecule has 1 heterocycles. The highest BCUT2D eigenvalue weighted by Crippen LogP contribution is 2.17. The molecule has 0 aliphatic carbocycles. The summed E-state index contributed by atoms with van der Waals surface area (Å²) in [7, 11) is 1.76. The van der Waals surface area contributed by atoms with Gasteiger partial charge in [-0.25, -0.2) is 0 Å². The fourth-order valence-electron chi connectivity index (χ4n) is 2.47. The van der Waals surface area contributed by atoms with Crippen molar-refractivity contribution >= 4 is 0 Å². The molecule has 1 rings (SSSR count). The topological polar surface area (TPSA) is 24.5 Å². The Balaban J connectivity index is 2.09. The molecule has 0 spiro atoms. The first-order valence-electron chi connectivity index (χ1n) is 6.89. The van der Waals surface area contributed by atoms with Gasteiger partial charge in [0.05, 0.1) is 6.61 Å². The molecule has 3 nitrogen and oxygen atoms in total. The zero-order valence-electron chi connectivity index (χ0n) is 11.3. The first-order valence-corrected chi connectivity index (χ1v) is 6.89. The summed E-state index contributed by atoms with van der Waals surface area (Å²) in [5.41, 5.74) is 0. The highest BCUT2D eigenvalue weighted by atomic mass is 16.5. The number of ether oxygens (including phenoxy) is 1. The van der Waals surface area contributed by atoms with Gasteiger partial charge in [-0.3, -0.25) is 4.90 Å². The predicted molar refractivity (Wildman–Crippen MR) is 73.3 cm³/mol. The highest BCUT2D eigenvalue weighted by Gasteiger charge is 2.12. The number of nitrogens with zero attached hydrogens (tertiary/aromatic N) is 1. The van der Waals surface area contributed by atoms with Gasteiger partial charge in [0.15, 0.2) is 0 Å². The molecule has 1 aliphatic rings. The van der Waals surface area contributed by atoms with Crippen LogP contribution in [0.5, 0.6) is 0 Å². The molecule has 0 aromatic rings. The van der Waals surface area contributed by atoms with Gasteiger partial charge >= 0.3 is 0 Å². The quantitative estimate of drug-likeness (QED) is 0.623. The Bertz CT molecular complexity index is 191. The Morgan fingerprint density at radius 1 is 1.35 bits per heavy atom. The lowest BCUT2D eigenvalue weighted by Crippen LogP contribution is -2.30. The maximum absolute atomic E-state index is 5.13. The Hall–Kier alpha value is -0.380. The second-order valence-electron chi connectivity index (χ2n) is 4.92. The number of hydrogen-bond acceptors (Lipinski definition) is 3. The van der Waals surface area contributed by atoms with Crippen LogP contribution >= 0.6 is 0 Å². The van der Waals surface area contributed by atoms with Crippen LogP contribution in [0.25, 0.3) is 0 Å². The van der Waals surface area contributed by atoms with Crippen molar-refractivity contribution in [2.75, 3.05) is 46.4 Å². The average molecular weight is 240 g/mol. The fourth-order valence-corrected chi connectivity index (χ4v) is 2.47. The third-order valence-electron chi connectivity index (χ3n) is 3.54. The Labute approximate surface area is 106 Å². The lowest BCUT2D eigenvalue weighted by Gasteiger charge is -2.24. The van der Waals surface area contributed by atoms with E-state index in [-0.39, 0.29) is 0 Å². The van der Waals surface area contributed by atoms with Gasteiger partial charge in [0.2, 0.25) is 0 Å². The lowest BCUT2D eigenvalue weighted by molar-refractivity contribution is 0.151. The van der Waals surface area contributed by atoms with Crippen molar-refractivity contribution in [2.45, 2.75) is 25.7 Å². The number of nitrogens with one attached hydrogen (secondary N) is 1. The standard InChI is InChI=1S/C14H28N2O/c1-3-10-16(12-13-17-2)11-4-5-14-6-8-15-9-7-14/h3,14-15H,1,4-13H2,2H3. The van der Waals surface area contributed by atoms with Gasteiger partial charge in [0.25, 0.3) is 0 Å². The zero-order chi connectivity index (χ0) is 12.3. The number of hydrogen-bond donors (Lipinski definition) is 1. The molecule has 0 atom stereocenters. The van der Waals surface area contributed by atoms with Crippen LogP contribution in [0.15, 0.2) is 12.7 Å². The summed E-state index contributed by atoms with van der Waals surface area (Å²) in [5, 5.41) is 3.42. The third kappa shape index (κ3) is 6.81. The van der Waals surface area contributed by atoms with Crippen molar-refractivity contribution in [3.8, 4) is 0 Å². The molecule has 0 aromatic carbocycles. The molecule has 3 heteroatoms. The van der Waals surface area contributed by atoms with Gasteiger partial charge in [-0.15, -0.1) is 6.58 Å². The molecule has 0 bridgehead atoms. The minimum atomic E-state index is 0.821. The van der Waals surface area contributed by atoms with E-state index in [0.29, 0.717) is 0 Å². The van der Waals surface area contributed by atoms with Gasteiger partial charge < -0.3 is 10.1 Å². The van der Waals surface area contributed by atoms with Crippen LogP contribution < -0.4 is 5.32 Å². The van der Waals surface area contributed by atoms with Crippen molar-refractivity contribution in [3.05, 3.63) is 12.7 Å². The van der Waals surface area contributed by atoms with Gasteiger partial charge in [-0.1, -0.05) is 6.08 Å². The van der Waals surface area contributed by atoms with Crippen molar-refractivity contribution in [3.63, 3.8) is 0 Å². The third-order valence-corrected chi connectivity index (χ3v) is 3.54. The summed E-state index contributed by atoms with van der Waals surface area (Å²) in [6.07, 6.45) is 7.39. The second-order valence-corrected chi connectivity index (χ2v) is 4.92. The first-order chi connectivity index (χ1) is 8.36. The van der Waals surface area contributed by atoms with E-state index in [1.165, 1.54) is 45.3 Å². The van der Waals surface area contributed by atoms with Gasteiger partial charge in [-0.05, 0) is 51.2 Å². The first kappa shape index (κ1) is 14.7. The van der Waals surface area contributed by atoms with Crippen LogP contribution in [0.2, 0.25) is 0 Å². The van der Waals surface area contributed by atoms with E-state index in [1.54, 1.807) is 7.11 Å². The van der Waals surface area contributed by atoms with Gasteiger partial charge in [-0.2, -0.15) is 0 Å². The smallest absolute Gasteiger partial charge is 0.0589 e. The summed E-state index contributed by atoms with van der Waals surface area (Å²) in [5.74, 6) is 0.948. The van der Waals surface area contributed by atoms with Gasteiger partial charge in [0, 0.05) is 20.2 Å². The fraction of sp³-hybridized carbons (Fsp3) is 0.857. The van der Waals surface area contributed by atoms with Crippen molar-refractivity contribution in [2.24, 2.45) is 5.92 Å². The van der Waals surface area contributed by atoms with E-state index in [2.05, 4.69) is 16.8 Å². The molecular formula is C14H28N2O. The minimum absolute atomic E-state index is 0.821. The van der Waals surface area contributed by atoms with Crippen molar-refractivity contribution in [1.29, 1.82) is 0 Å². The maximum Gasteiger partial charge on any atom is 0.0589 e. The van der Waals surface area contributed by atoms with Crippen LogP contribution in [0.1, 0.15) is 25.7 Å². The zero-order valence-corrected chi connectivity index (χ0v) is 11.3. The number of piperidine rings is 1. The van der Waals surface area contributed by atoms with Crippen LogP contribution in [-0.4, -0.2) is 51.3 Å². The van der Waals surface area contributed by atoms with E-state index >= 15 is 0 Å². The van der Waals surface area contributed by atoms with Crippen LogP contribution in [-0.2, 0) is 4.74 Å². The summed E-state index contributed by atoms with van der Waals surface area (Å²) in [4.78, 5) is 2.43. The molecule has 0 radical (unpaired) electrons. The van der Waals surface area contributed by atoms with E-state index in [4.69, 9.17) is 4.74 Å². The maximum atomic E-state index is 5.13. The number of methoxy groups -OCH3 is 1. The van der Waals surface area contributed by atoms with Crippen LogP contribution in [0, 0.1) is 5.92 Å². The monoisotopic (exact) mass is 240 g/mol. The molecule has 100 valence electrons. The van der Waals surface area contributed by atoms with Crippen LogP contribution in [0.4, 0.5) is 0 Å². The SMILES string of the molecule is C=CCN(CCCC1CCNCC1)CCOC. The van der Waals surface area contributed by atoms with Gasteiger partial charge in [0.1, 0.15) is 0 Å². The number of rotatable bonds is 9. The lowest BCUT2D eigenvalue weighted by atomic mass is 9.93. The summed E-state index contributed by atoms with van der Waals surface area (Å²) >= 11 is 0. The van der Waals surface area contributed by atoms with Crippen molar-refractivity contribution in [1.82, 2.24) is 10.2 Å². The highest BCUT2D eigenvalue weighted by molar-refractivity contribution is 4.74. The molecule has 1 aliphatic heterocycles. The Morgan fingerprint density at radius 3 is 2.76 bits per heavy atom. The molecule has 1 fully saturated rings. The Morgan fingerprint density at radius 2 is 2.12 bits per heavy atom. The molecule has 0 amide bonds. The average Bonchev–Trinajstić information content (AvgIpc) is 2.37. The normalized spacial score (nSPS) is 17.5. The molecule has 0 aromatic heterocycles. The van der Waals surface area contributed by atoms with E-state index in [9.17, 15) is 0 Å². The molecule has 1 saturated heterocycles. The van der Waals surface area contributed by atoms with Crippen molar-refractivity contribution < 1.29 is 4.74 Å². The minimum Gasteiger partial charge on any atom is -0.383 e. The van der Waals surface area contributed by atoms with E-state index < -0.39 is 0 Å². The predicted octanol–water partition coefficient (Wildman–Crippen LogP) is 1.90. The molecule has 17 heavy (non-hydrogen) atoms. The second kappa shape index (κ2) is 9.63. The molecule has 0 saturated carbocycles. The largest absolute Gasteiger partial charge is 0.383 e. The van der Waals surface area contributed by atoms with E-state index in [0.717, 1.165) is 25.6 Å². The summed E-state index contributed by atoms with van der Waals surface area (Å²) in [6.45, 7) is 10.2. The Kier molecular flexibility index (Phi) is 8.32. The van der Waals surface area contributed by atoms with E-state index in [1.807, 2.05) is 6.08 Å². The summed E-state index contributed by atoms with van der Waals surface area (Å²) in [6, 6.07) is 0.